The summed E-state index contributed by atoms with van der Waals surface area (Å²) in [6.07, 6.45) is 3.04. The summed E-state index contributed by atoms with van der Waals surface area (Å²) in [5.74, 6) is 0.240. The molecule has 0 spiro atoms. The number of rotatable bonds is 5. The quantitative estimate of drug-likeness (QED) is 0.907. The lowest BCUT2D eigenvalue weighted by molar-refractivity contribution is -0.139. The minimum absolute atomic E-state index is 0.0333. The molecule has 0 bridgehead atoms. The van der Waals surface area contributed by atoms with Crippen LogP contribution in [0.3, 0.4) is 0 Å². The topological polar surface area (TPSA) is 46.3 Å². The molecule has 2 N–H and O–H groups in total. The number of nitrogens with zero attached hydrogens (tertiary/aromatic N) is 1. The Morgan fingerprint density at radius 1 is 1.43 bits per heavy atom. The number of carbonyl (C=O) groups is 1. The van der Waals surface area contributed by atoms with Crippen LogP contribution in [0.15, 0.2) is 24.3 Å². The zero-order valence-electron chi connectivity index (χ0n) is 12.9. The third-order valence-electron chi connectivity index (χ3n) is 4.43. The van der Waals surface area contributed by atoms with Crippen LogP contribution in [0, 0.1) is 17.7 Å². The van der Waals surface area contributed by atoms with Crippen LogP contribution in [-0.4, -0.2) is 23.4 Å². The Morgan fingerprint density at radius 3 is 2.81 bits per heavy atom. The molecule has 1 aliphatic carbocycles. The van der Waals surface area contributed by atoms with Gasteiger partial charge in [-0.2, -0.15) is 0 Å². The molecular formula is C17H25FN2O. The van der Waals surface area contributed by atoms with Gasteiger partial charge in [-0.15, -0.1) is 0 Å². The fourth-order valence-corrected chi connectivity index (χ4v) is 3.20. The highest BCUT2D eigenvalue weighted by molar-refractivity contribution is 5.79. The molecule has 21 heavy (non-hydrogen) atoms. The lowest BCUT2D eigenvalue weighted by Gasteiger charge is -2.31. The maximum Gasteiger partial charge on any atom is 0.226 e. The number of halogens is 1. The number of amides is 1. The number of nitrogens with two attached hydrogens (primary N) is 1. The highest BCUT2D eigenvalue weighted by atomic mass is 19.1. The van der Waals surface area contributed by atoms with Crippen molar-refractivity contribution in [3.8, 4) is 0 Å². The van der Waals surface area contributed by atoms with Crippen LogP contribution in [0.25, 0.3) is 0 Å². The average molecular weight is 292 g/mol. The van der Waals surface area contributed by atoms with Crippen molar-refractivity contribution in [2.75, 3.05) is 6.54 Å². The van der Waals surface area contributed by atoms with E-state index in [9.17, 15) is 9.18 Å². The van der Waals surface area contributed by atoms with Crippen LogP contribution in [0.2, 0.25) is 0 Å². The first-order valence-corrected chi connectivity index (χ1v) is 7.78. The number of hydrogen-bond donors (Lipinski definition) is 1. The van der Waals surface area contributed by atoms with E-state index in [2.05, 4.69) is 0 Å². The summed E-state index contributed by atoms with van der Waals surface area (Å²) in [7, 11) is 0. The van der Waals surface area contributed by atoms with Gasteiger partial charge in [0, 0.05) is 18.5 Å². The third kappa shape index (κ3) is 3.82. The van der Waals surface area contributed by atoms with Gasteiger partial charge in [0.05, 0.1) is 0 Å². The average Bonchev–Trinajstić information content (AvgIpc) is 2.92. The van der Waals surface area contributed by atoms with Crippen LogP contribution in [0.5, 0.6) is 0 Å². The molecule has 1 saturated carbocycles. The van der Waals surface area contributed by atoms with Gasteiger partial charge < -0.3 is 10.6 Å². The van der Waals surface area contributed by atoms with Crippen LogP contribution in [-0.2, 0) is 11.3 Å². The second-order valence-corrected chi connectivity index (χ2v) is 6.22. The molecule has 1 fully saturated rings. The summed E-state index contributed by atoms with van der Waals surface area (Å²) in [4.78, 5) is 14.7. The van der Waals surface area contributed by atoms with Crippen molar-refractivity contribution in [3.63, 3.8) is 0 Å². The maximum atomic E-state index is 13.3. The highest BCUT2D eigenvalue weighted by Gasteiger charge is 2.35. The summed E-state index contributed by atoms with van der Waals surface area (Å²) in [5, 5.41) is 0. The van der Waals surface area contributed by atoms with E-state index in [4.69, 9.17) is 5.73 Å². The molecule has 1 aromatic carbocycles. The fourth-order valence-electron chi connectivity index (χ4n) is 3.20. The third-order valence-corrected chi connectivity index (χ3v) is 4.43. The van der Waals surface area contributed by atoms with Crippen molar-refractivity contribution in [1.82, 2.24) is 4.90 Å². The van der Waals surface area contributed by atoms with Crippen molar-refractivity contribution < 1.29 is 9.18 Å². The highest BCUT2D eigenvalue weighted by Crippen LogP contribution is 2.33. The summed E-state index contributed by atoms with van der Waals surface area (Å²) >= 11 is 0. The van der Waals surface area contributed by atoms with Gasteiger partial charge in [0.25, 0.3) is 0 Å². The molecule has 1 amide bonds. The zero-order valence-corrected chi connectivity index (χ0v) is 12.9. The Hall–Kier alpha value is -1.42. The van der Waals surface area contributed by atoms with Gasteiger partial charge in [0.15, 0.2) is 0 Å². The van der Waals surface area contributed by atoms with E-state index >= 15 is 0 Å². The molecule has 0 saturated heterocycles. The summed E-state index contributed by atoms with van der Waals surface area (Å²) in [5.41, 5.74) is 6.62. The summed E-state index contributed by atoms with van der Waals surface area (Å²) in [6, 6.07) is 6.57. The van der Waals surface area contributed by atoms with Gasteiger partial charge in [0.1, 0.15) is 5.82 Å². The van der Waals surface area contributed by atoms with E-state index in [0.29, 0.717) is 19.0 Å². The zero-order chi connectivity index (χ0) is 15.4. The minimum atomic E-state index is -0.260. The van der Waals surface area contributed by atoms with Gasteiger partial charge in [-0.3, -0.25) is 4.79 Å². The molecule has 3 nitrogen and oxygen atoms in total. The second kappa shape index (κ2) is 7.03. The van der Waals surface area contributed by atoms with Crippen LogP contribution in [0.4, 0.5) is 4.39 Å². The van der Waals surface area contributed by atoms with E-state index in [1.807, 2.05) is 24.8 Å². The first kappa shape index (κ1) is 16.0. The van der Waals surface area contributed by atoms with Crippen molar-refractivity contribution in [1.29, 1.82) is 0 Å². The molecule has 0 heterocycles. The van der Waals surface area contributed by atoms with E-state index < -0.39 is 0 Å². The molecule has 2 atom stereocenters. The molecule has 0 unspecified atom stereocenters. The molecule has 116 valence electrons. The Morgan fingerprint density at radius 2 is 2.19 bits per heavy atom. The largest absolute Gasteiger partial charge is 0.336 e. The number of carbonyl (C=O) groups excluding carboxylic acids is 1. The van der Waals surface area contributed by atoms with Crippen LogP contribution >= 0.6 is 0 Å². The lowest BCUT2D eigenvalue weighted by Crippen LogP contribution is -2.42. The van der Waals surface area contributed by atoms with Gasteiger partial charge in [0.2, 0.25) is 5.91 Å². The molecule has 1 aliphatic rings. The van der Waals surface area contributed by atoms with Crippen molar-refractivity contribution in [2.24, 2.45) is 17.6 Å². The first-order valence-electron chi connectivity index (χ1n) is 7.78. The van der Waals surface area contributed by atoms with Crippen molar-refractivity contribution >= 4 is 5.91 Å². The first-order chi connectivity index (χ1) is 10.0. The second-order valence-electron chi connectivity index (χ2n) is 6.22. The van der Waals surface area contributed by atoms with Crippen molar-refractivity contribution in [2.45, 2.75) is 45.7 Å². The van der Waals surface area contributed by atoms with Crippen LogP contribution in [0.1, 0.15) is 38.7 Å². The minimum Gasteiger partial charge on any atom is -0.336 e. The normalized spacial score (nSPS) is 21.8. The predicted molar refractivity (Wildman–Crippen MR) is 82.0 cm³/mol. The van der Waals surface area contributed by atoms with E-state index in [0.717, 1.165) is 24.8 Å². The Kier molecular flexibility index (Phi) is 5.34. The summed E-state index contributed by atoms with van der Waals surface area (Å²) in [6.45, 7) is 5.04. The molecule has 1 aromatic rings. The lowest BCUT2D eigenvalue weighted by atomic mass is 9.94. The van der Waals surface area contributed by atoms with Gasteiger partial charge >= 0.3 is 0 Å². The Labute approximate surface area is 126 Å². The fraction of sp³-hybridized carbons (Fsp3) is 0.588. The Balaban J connectivity index is 2.13. The number of benzene rings is 1. The number of hydrogen-bond acceptors (Lipinski definition) is 2. The molecule has 0 aromatic heterocycles. The standard InChI is InChI=1S/C17H25FN2O/c1-12(2)20(11-13-5-3-7-15(18)9-13)17(21)16-8-4-6-14(16)10-19/h3,5,7,9,12,14,16H,4,6,8,10-11,19H2,1-2H3/t14-,16-/m1/s1. The van der Waals surface area contributed by atoms with Gasteiger partial charge in [-0.05, 0) is 56.8 Å². The smallest absolute Gasteiger partial charge is 0.226 e. The molecule has 4 heteroatoms. The summed E-state index contributed by atoms with van der Waals surface area (Å²) < 4.78 is 13.3. The van der Waals surface area contributed by atoms with Gasteiger partial charge in [-0.1, -0.05) is 18.6 Å². The molecule has 0 radical (unpaired) electrons. The maximum absolute atomic E-state index is 13.3. The van der Waals surface area contributed by atoms with Gasteiger partial charge in [-0.25, -0.2) is 4.39 Å². The van der Waals surface area contributed by atoms with Crippen LogP contribution < -0.4 is 5.73 Å². The monoisotopic (exact) mass is 292 g/mol. The predicted octanol–water partition coefficient (Wildman–Crippen LogP) is 2.94. The van der Waals surface area contributed by atoms with Crippen molar-refractivity contribution in [3.05, 3.63) is 35.6 Å². The molecular weight excluding hydrogens is 267 g/mol. The molecule has 2 rings (SSSR count). The SMILES string of the molecule is CC(C)N(Cc1cccc(F)c1)C(=O)[C@@H]1CCC[C@@H]1CN. The van der Waals surface area contributed by atoms with E-state index in [1.165, 1.54) is 12.1 Å². The van der Waals surface area contributed by atoms with E-state index in [1.54, 1.807) is 6.07 Å². The van der Waals surface area contributed by atoms with E-state index in [-0.39, 0.29) is 23.7 Å². The molecule has 0 aliphatic heterocycles. The Bertz CT molecular complexity index is 489.